The molecule has 0 aromatic heterocycles. The zero-order valence-electron chi connectivity index (χ0n) is 51.3. The van der Waals surface area contributed by atoms with Crippen molar-refractivity contribution in [1.29, 1.82) is 0 Å². The van der Waals surface area contributed by atoms with Gasteiger partial charge in [-0.3, -0.25) is 19.2 Å². The molecule has 84 heavy (non-hydrogen) atoms. The van der Waals surface area contributed by atoms with Crippen LogP contribution in [0.1, 0.15) is 170 Å². The second-order valence-corrected chi connectivity index (χ2v) is 25.0. The normalized spacial score (nSPS) is 28.2. The van der Waals surface area contributed by atoms with Crippen molar-refractivity contribution in [2.75, 3.05) is 13.7 Å². The molecule has 11 atom stereocenters. The molecule has 4 aliphatic carbocycles. The molecular formula is C66H91NO17. The zero-order valence-corrected chi connectivity index (χ0v) is 51.3. The van der Waals surface area contributed by atoms with Crippen LogP contribution in [0.2, 0.25) is 0 Å². The molecule has 1 aliphatic heterocycles. The third-order valence-electron chi connectivity index (χ3n) is 16.8. The minimum absolute atomic E-state index is 0.000911. The Bertz CT molecular complexity index is 2720. The number of unbranched alkanes of at least 4 members (excludes halogenated alkanes) is 1. The number of rotatable bonds is 26. The number of hydrogen-bond acceptors (Lipinski definition) is 17. The Morgan fingerprint density at radius 3 is 2.02 bits per heavy atom. The largest absolute Gasteiger partial charge is 0.496 e. The standard InChI is InChI=1S/C66H91NO17/c1-13-14-15-16-17-18-19-20-21-22-23-24-25-26-27-28-29-34-51(70)80-53(46(37-41(2)3)67-61(75)84-62(6,7)8)60(74)79-48-39-66(76)57(82-59(73)45-32-30-31-33-47(45)77-12)55-64(11,49(69)38-50-65(55,40-78-50)83-43(5)68)56(71)54(81-58(72)44-35-36-44)52(42(48)4)63(66,9)10/h14-15,17-18,20-21,23-24,26-27,30-33,41,44,46,48-50,53-55,57,69,76H,13,16,19,22,25,28-29,34-40H2,1-12H3,(H,67,75)/b15-14-,18-17-,21-20-,24-23-,27-26-/t46-,48-,49-,50+,53+,54+,55?,57-,64+,65-,66+/m0/s1. The van der Waals surface area contributed by atoms with Crippen LogP contribution in [-0.4, -0.2) is 125 Å². The van der Waals surface area contributed by atoms with Gasteiger partial charge < -0.3 is 53.4 Å². The minimum atomic E-state index is -2.48. The van der Waals surface area contributed by atoms with E-state index in [1.165, 1.54) is 26.2 Å². The second-order valence-electron chi connectivity index (χ2n) is 25.0. The summed E-state index contributed by atoms with van der Waals surface area (Å²) >= 11 is 0. The summed E-state index contributed by atoms with van der Waals surface area (Å²) in [4.78, 5) is 101. The van der Waals surface area contributed by atoms with Crippen LogP contribution >= 0.6 is 0 Å². The van der Waals surface area contributed by atoms with Crippen molar-refractivity contribution < 1.29 is 81.7 Å². The molecule has 4 fully saturated rings. The molecule has 6 rings (SSSR count). The monoisotopic (exact) mass is 1170 g/mol. The molecule has 3 N–H and O–H groups in total. The molecule has 18 heteroatoms. The lowest BCUT2D eigenvalue weighted by atomic mass is 9.44. The van der Waals surface area contributed by atoms with Gasteiger partial charge >= 0.3 is 35.9 Å². The maximum absolute atomic E-state index is 16.1. The Morgan fingerprint density at radius 1 is 0.869 bits per heavy atom. The number of ketones is 1. The van der Waals surface area contributed by atoms with E-state index in [9.17, 15) is 34.2 Å². The molecule has 1 heterocycles. The zero-order chi connectivity index (χ0) is 61.8. The van der Waals surface area contributed by atoms with Crippen LogP contribution in [0.3, 0.4) is 0 Å². The van der Waals surface area contributed by atoms with Gasteiger partial charge in [-0.15, -0.1) is 0 Å². The number of allylic oxidation sites excluding steroid dienone is 10. The highest BCUT2D eigenvalue weighted by Gasteiger charge is 2.78. The fourth-order valence-corrected chi connectivity index (χ4v) is 12.3. The van der Waals surface area contributed by atoms with Crippen LogP contribution in [0.4, 0.5) is 4.79 Å². The van der Waals surface area contributed by atoms with Crippen molar-refractivity contribution in [3.8, 4) is 5.75 Å². The minimum Gasteiger partial charge on any atom is -0.496 e. The van der Waals surface area contributed by atoms with Crippen LogP contribution in [-0.2, 0) is 57.1 Å². The molecule has 1 amide bonds. The molecule has 5 aliphatic rings. The van der Waals surface area contributed by atoms with E-state index in [1.807, 2.05) is 26.0 Å². The predicted molar refractivity (Wildman–Crippen MR) is 313 cm³/mol. The first-order chi connectivity index (χ1) is 39.7. The van der Waals surface area contributed by atoms with E-state index in [0.29, 0.717) is 32.1 Å². The van der Waals surface area contributed by atoms with Crippen molar-refractivity contribution in [2.24, 2.45) is 28.6 Å². The topological polar surface area (TPSA) is 246 Å². The lowest BCUT2D eigenvalue weighted by Crippen LogP contribution is -2.82. The van der Waals surface area contributed by atoms with Gasteiger partial charge in [0.05, 0.1) is 43.1 Å². The van der Waals surface area contributed by atoms with Crippen molar-refractivity contribution in [1.82, 2.24) is 5.32 Å². The number of hydrogen-bond donors (Lipinski definition) is 3. The molecule has 0 radical (unpaired) electrons. The Labute approximate surface area is 495 Å². The Balaban J connectivity index is 1.38. The smallest absolute Gasteiger partial charge is 0.408 e. The quantitative estimate of drug-likeness (QED) is 0.0338. The number of Topliss-reactive ketones (excluding diaryl/α,β-unsaturated/α-hetero) is 1. The van der Waals surface area contributed by atoms with Crippen molar-refractivity contribution in [3.05, 3.63) is 102 Å². The molecule has 462 valence electrons. The number of carbonyl (C=O) groups excluding carboxylic acids is 7. The summed E-state index contributed by atoms with van der Waals surface area (Å²) in [5.41, 5.74) is -9.03. The van der Waals surface area contributed by atoms with E-state index in [4.69, 9.17) is 37.9 Å². The third kappa shape index (κ3) is 15.5. The van der Waals surface area contributed by atoms with E-state index >= 15 is 9.59 Å². The van der Waals surface area contributed by atoms with Crippen LogP contribution < -0.4 is 10.1 Å². The number of carbonyl (C=O) groups is 7. The van der Waals surface area contributed by atoms with E-state index in [1.54, 1.807) is 53.7 Å². The highest BCUT2D eigenvalue weighted by atomic mass is 16.6. The SMILES string of the molecule is CC/C=C\C/C=C\C/C=C\C/C=C\C/C=C\CCCC(=O)O[C@@H](C(=O)O[C@H]1C[C@@]2(O)[C@@H](OC(=O)c3ccccc3OC)C3[C@](C)(C(=O)[C@H](OC(=O)C4CC4)C(=C1C)C2(C)C)[C@@H](O)C[C@H]1OC[C@@]31OC(C)=O)[C@H](CC(C)C)NC(=O)OC(C)(C)C. The van der Waals surface area contributed by atoms with E-state index in [-0.39, 0.29) is 54.2 Å². The first kappa shape index (κ1) is 66.8. The summed E-state index contributed by atoms with van der Waals surface area (Å²) in [6, 6.07) is 4.95. The third-order valence-corrected chi connectivity index (χ3v) is 16.8. The van der Waals surface area contributed by atoms with Gasteiger partial charge in [-0.05, 0) is 128 Å². The van der Waals surface area contributed by atoms with Gasteiger partial charge in [0.1, 0.15) is 40.8 Å². The van der Waals surface area contributed by atoms with Crippen LogP contribution in [0, 0.1) is 28.6 Å². The molecular weight excluding hydrogens is 1080 g/mol. The first-order valence-corrected chi connectivity index (χ1v) is 29.8. The highest BCUT2D eigenvalue weighted by molar-refractivity contribution is 5.96. The Kier molecular flexibility index (Phi) is 22.8. The van der Waals surface area contributed by atoms with E-state index in [0.717, 1.165) is 32.6 Å². The summed E-state index contributed by atoms with van der Waals surface area (Å²) in [7, 11) is 1.35. The average Bonchev–Trinajstić information content (AvgIpc) is 0.784. The number of para-hydroxylation sites is 1. The number of esters is 5. The molecule has 0 spiro atoms. The summed E-state index contributed by atoms with van der Waals surface area (Å²) in [6.45, 7) is 17.8. The Morgan fingerprint density at radius 2 is 1.48 bits per heavy atom. The fraction of sp³-hybridized carbons (Fsp3) is 0.621. The number of fused-ring (bicyclic) bond motifs is 5. The van der Waals surface area contributed by atoms with Crippen LogP contribution in [0.15, 0.2) is 96.2 Å². The van der Waals surface area contributed by atoms with Gasteiger partial charge in [0.15, 0.2) is 17.5 Å². The van der Waals surface area contributed by atoms with Gasteiger partial charge in [0.25, 0.3) is 0 Å². The number of aliphatic hydroxyl groups is 2. The van der Waals surface area contributed by atoms with E-state index < -0.39 is 130 Å². The van der Waals surface area contributed by atoms with Gasteiger partial charge in [-0.2, -0.15) is 0 Å². The summed E-state index contributed by atoms with van der Waals surface area (Å²) in [5, 5.41) is 29.3. The molecule has 3 saturated carbocycles. The molecule has 2 bridgehead atoms. The predicted octanol–water partition coefficient (Wildman–Crippen LogP) is 10.4. The first-order valence-electron chi connectivity index (χ1n) is 29.8. The van der Waals surface area contributed by atoms with Crippen molar-refractivity contribution in [2.45, 2.75) is 219 Å². The number of methoxy groups -OCH3 is 1. The fourth-order valence-electron chi connectivity index (χ4n) is 12.3. The lowest BCUT2D eigenvalue weighted by Gasteiger charge is -2.67. The number of benzene rings is 1. The molecule has 1 aromatic carbocycles. The van der Waals surface area contributed by atoms with Crippen LogP contribution in [0.25, 0.3) is 0 Å². The average molecular weight is 1170 g/mol. The maximum Gasteiger partial charge on any atom is 0.408 e. The molecule has 1 aromatic rings. The van der Waals surface area contributed by atoms with Crippen LogP contribution in [0.5, 0.6) is 5.75 Å². The summed E-state index contributed by atoms with van der Waals surface area (Å²) < 4.78 is 48.8. The number of alkyl carbamates (subject to hydrolysis) is 1. The van der Waals surface area contributed by atoms with Crippen molar-refractivity contribution >= 4 is 41.7 Å². The maximum atomic E-state index is 16.1. The van der Waals surface area contributed by atoms with E-state index in [2.05, 4.69) is 60.8 Å². The highest BCUT2D eigenvalue weighted by Crippen LogP contribution is 2.64. The second kappa shape index (κ2) is 28.7. The molecule has 1 unspecified atom stereocenters. The number of ether oxygens (including phenoxy) is 8. The van der Waals surface area contributed by atoms with Gasteiger partial charge in [-0.1, -0.05) is 108 Å². The van der Waals surface area contributed by atoms with Gasteiger partial charge in [-0.25, -0.2) is 14.4 Å². The molecule has 1 saturated heterocycles. The molecule has 18 nitrogen and oxygen atoms in total. The number of aliphatic hydroxyl groups excluding tert-OH is 1. The summed E-state index contributed by atoms with van der Waals surface area (Å²) in [5.74, 6) is -7.57. The number of amides is 1. The van der Waals surface area contributed by atoms with Gasteiger partial charge in [0, 0.05) is 31.6 Å². The Hall–Kier alpha value is -6.37. The lowest BCUT2D eigenvalue weighted by molar-refractivity contribution is -0.346. The number of nitrogens with one attached hydrogen (secondary N) is 1. The van der Waals surface area contributed by atoms with Crippen molar-refractivity contribution in [3.63, 3.8) is 0 Å². The summed E-state index contributed by atoms with van der Waals surface area (Å²) in [6.07, 6.45) is 15.6. The van der Waals surface area contributed by atoms with Gasteiger partial charge in [0.2, 0.25) is 6.10 Å².